The van der Waals surface area contributed by atoms with E-state index in [1.165, 1.54) is 25.8 Å². The van der Waals surface area contributed by atoms with Gasteiger partial charge < -0.3 is 5.32 Å². The van der Waals surface area contributed by atoms with Crippen LogP contribution in [0.3, 0.4) is 0 Å². The molecule has 10 heavy (non-hydrogen) atoms. The van der Waals surface area contributed by atoms with Gasteiger partial charge in [-0.05, 0) is 31.6 Å². The fourth-order valence-electron chi connectivity index (χ4n) is 2.42. The zero-order valence-corrected chi connectivity index (χ0v) is 7.55. The number of hydrogen-bond donors (Lipinski definition) is 1. The molecule has 2 fully saturated rings. The monoisotopic (exact) mass is 161 g/mol. The van der Waals surface area contributed by atoms with Crippen LogP contribution >= 0.6 is 12.4 Å². The van der Waals surface area contributed by atoms with Crippen molar-refractivity contribution in [1.29, 1.82) is 0 Å². The molecule has 0 aromatic carbocycles. The van der Waals surface area contributed by atoms with Crippen molar-refractivity contribution >= 4 is 12.4 Å². The maximum absolute atomic E-state index is 3.57. The molecule has 1 saturated carbocycles. The first-order chi connectivity index (χ1) is 4.12. The third-order valence-electron chi connectivity index (χ3n) is 3.04. The summed E-state index contributed by atoms with van der Waals surface area (Å²) in [6.45, 7) is 6.01. The van der Waals surface area contributed by atoms with E-state index < -0.39 is 0 Å². The molecule has 2 rings (SSSR count). The van der Waals surface area contributed by atoms with E-state index in [2.05, 4.69) is 19.2 Å². The van der Waals surface area contributed by atoms with Crippen molar-refractivity contribution in [3.8, 4) is 0 Å². The van der Waals surface area contributed by atoms with Gasteiger partial charge in [0.25, 0.3) is 0 Å². The largest absolute Gasteiger partial charge is 0.311 e. The van der Waals surface area contributed by atoms with E-state index in [0.29, 0.717) is 11.0 Å². The third kappa shape index (κ3) is 1.06. The maximum Gasteiger partial charge on any atom is 0.0159 e. The first kappa shape index (κ1) is 8.35. The second-order valence-corrected chi connectivity index (χ2v) is 4.40. The Labute approximate surface area is 69.0 Å². The van der Waals surface area contributed by atoms with E-state index in [1.54, 1.807) is 0 Å². The Hall–Kier alpha value is 0.250. The summed E-state index contributed by atoms with van der Waals surface area (Å²) >= 11 is 0. The van der Waals surface area contributed by atoms with Gasteiger partial charge >= 0.3 is 0 Å². The van der Waals surface area contributed by atoms with E-state index in [1.807, 2.05) is 0 Å². The van der Waals surface area contributed by atoms with Crippen molar-refractivity contribution in [2.75, 3.05) is 6.54 Å². The lowest BCUT2D eigenvalue weighted by Crippen LogP contribution is -2.37. The van der Waals surface area contributed by atoms with Gasteiger partial charge in [-0.3, -0.25) is 0 Å². The standard InChI is InChI=1S/C8H15N.ClH/c1-7-3-4-8(2,5-7)9-6-7;/h9H,3-6H2,1-2H3;1H. The van der Waals surface area contributed by atoms with Crippen LogP contribution in [0.1, 0.15) is 33.1 Å². The Morgan fingerprint density at radius 1 is 1.20 bits per heavy atom. The van der Waals surface area contributed by atoms with Crippen molar-refractivity contribution in [2.45, 2.75) is 38.6 Å². The van der Waals surface area contributed by atoms with Gasteiger partial charge in [0, 0.05) is 12.1 Å². The second-order valence-electron chi connectivity index (χ2n) is 4.40. The van der Waals surface area contributed by atoms with Crippen LogP contribution in [0.5, 0.6) is 0 Å². The Bertz CT molecular complexity index is 120. The normalized spacial score (nSPS) is 51.0. The van der Waals surface area contributed by atoms with Gasteiger partial charge in [-0.2, -0.15) is 0 Å². The molecule has 2 heteroatoms. The second kappa shape index (κ2) is 2.12. The summed E-state index contributed by atoms with van der Waals surface area (Å²) in [6.07, 6.45) is 4.24. The molecule has 2 unspecified atom stereocenters. The van der Waals surface area contributed by atoms with Gasteiger partial charge in [-0.15, -0.1) is 12.4 Å². The van der Waals surface area contributed by atoms with Crippen LogP contribution in [0.4, 0.5) is 0 Å². The van der Waals surface area contributed by atoms with Crippen LogP contribution in [-0.4, -0.2) is 12.1 Å². The topological polar surface area (TPSA) is 12.0 Å². The van der Waals surface area contributed by atoms with Crippen LogP contribution in [0, 0.1) is 5.41 Å². The summed E-state index contributed by atoms with van der Waals surface area (Å²) in [7, 11) is 0. The molecule has 0 aromatic rings. The van der Waals surface area contributed by atoms with Crippen LogP contribution in [0.25, 0.3) is 0 Å². The molecule has 1 N–H and O–H groups in total. The quantitative estimate of drug-likeness (QED) is 0.573. The number of halogens is 1. The highest BCUT2D eigenvalue weighted by Crippen LogP contribution is 2.48. The molecule has 0 radical (unpaired) electrons. The molecular formula is C8H16ClN. The number of piperidine rings is 1. The van der Waals surface area contributed by atoms with E-state index in [0.717, 1.165) is 0 Å². The van der Waals surface area contributed by atoms with Crippen LogP contribution in [0.2, 0.25) is 0 Å². The third-order valence-corrected chi connectivity index (χ3v) is 3.04. The lowest BCUT2D eigenvalue weighted by atomic mass is 9.90. The van der Waals surface area contributed by atoms with Crippen LogP contribution in [0.15, 0.2) is 0 Å². The first-order valence-corrected chi connectivity index (χ1v) is 3.87. The van der Waals surface area contributed by atoms with Gasteiger partial charge in [0.1, 0.15) is 0 Å². The molecule has 2 bridgehead atoms. The predicted molar refractivity (Wildman–Crippen MR) is 45.6 cm³/mol. The number of nitrogens with one attached hydrogen (secondary N) is 1. The minimum absolute atomic E-state index is 0. The first-order valence-electron chi connectivity index (χ1n) is 3.87. The molecule has 0 amide bonds. The lowest BCUT2D eigenvalue weighted by molar-refractivity contribution is 0.337. The maximum atomic E-state index is 3.57. The predicted octanol–water partition coefficient (Wildman–Crippen LogP) is 1.96. The summed E-state index contributed by atoms with van der Waals surface area (Å²) < 4.78 is 0. The summed E-state index contributed by atoms with van der Waals surface area (Å²) in [6, 6.07) is 0. The van der Waals surface area contributed by atoms with Gasteiger partial charge in [0.2, 0.25) is 0 Å². The highest BCUT2D eigenvalue weighted by Gasteiger charge is 2.48. The van der Waals surface area contributed by atoms with E-state index in [9.17, 15) is 0 Å². The zero-order chi connectivity index (χ0) is 6.54. The molecule has 1 aliphatic heterocycles. The summed E-state index contributed by atoms with van der Waals surface area (Å²) in [5.74, 6) is 0. The van der Waals surface area contributed by atoms with Crippen LogP contribution < -0.4 is 5.32 Å². The van der Waals surface area contributed by atoms with E-state index in [4.69, 9.17) is 0 Å². The summed E-state index contributed by atoms with van der Waals surface area (Å²) in [4.78, 5) is 0. The van der Waals surface area contributed by atoms with Crippen molar-refractivity contribution in [3.63, 3.8) is 0 Å². The van der Waals surface area contributed by atoms with Gasteiger partial charge in [-0.25, -0.2) is 0 Å². The smallest absolute Gasteiger partial charge is 0.0159 e. The number of fused-ring (bicyclic) bond motifs is 2. The Kier molecular flexibility index (Phi) is 1.77. The summed E-state index contributed by atoms with van der Waals surface area (Å²) in [5.41, 5.74) is 1.18. The molecule has 2 atom stereocenters. The average molecular weight is 162 g/mol. The fraction of sp³-hybridized carbons (Fsp3) is 1.00. The molecule has 1 aliphatic carbocycles. The number of hydrogen-bond acceptors (Lipinski definition) is 1. The molecule has 0 spiro atoms. The van der Waals surface area contributed by atoms with E-state index in [-0.39, 0.29) is 12.4 Å². The zero-order valence-electron chi connectivity index (χ0n) is 6.74. The molecule has 1 heterocycles. The van der Waals surface area contributed by atoms with Crippen molar-refractivity contribution in [2.24, 2.45) is 5.41 Å². The molecule has 1 nitrogen and oxygen atoms in total. The van der Waals surface area contributed by atoms with E-state index >= 15 is 0 Å². The SMILES string of the molecule is CC12CCC(C)(C1)NC2.Cl. The highest BCUT2D eigenvalue weighted by atomic mass is 35.5. The molecule has 2 aliphatic rings. The van der Waals surface area contributed by atoms with Crippen LogP contribution in [-0.2, 0) is 0 Å². The molecule has 0 aromatic heterocycles. The van der Waals surface area contributed by atoms with Crippen molar-refractivity contribution in [3.05, 3.63) is 0 Å². The number of rotatable bonds is 0. The lowest BCUT2D eigenvalue weighted by Gasteiger charge is -2.23. The minimum atomic E-state index is 0. The van der Waals surface area contributed by atoms with Gasteiger partial charge in [0.15, 0.2) is 0 Å². The van der Waals surface area contributed by atoms with Gasteiger partial charge in [0.05, 0.1) is 0 Å². The molecule has 60 valence electrons. The van der Waals surface area contributed by atoms with Crippen molar-refractivity contribution < 1.29 is 0 Å². The minimum Gasteiger partial charge on any atom is -0.311 e. The Morgan fingerprint density at radius 3 is 2.00 bits per heavy atom. The fourth-order valence-corrected chi connectivity index (χ4v) is 2.42. The Balaban J connectivity index is 0.000000500. The average Bonchev–Trinajstić information content (AvgIpc) is 2.19. The highest BCUT2D eigenvalue weighted by molar-refractivity contribution is 5.85. The Morgan fingerprint density at radius 2 is 1.90 bits per heavy atom. The van der Waals surface area contributed by atoms with Gasteiger partial charge in [-0.1, -0.05) is 6.92 Å². The molecule has 1 saturated heterocycles. The summed E-state index contributed by atoms with van der Waals surface area (Å²) in [5, 5.41) is 3.57. The van der Waals surface area contributed by atoms with Crippen molar-refractivity contribution in [1.82, 2.24) is 5.32 Å². The molecular weight excluding hydrogens is 146 g/mol.